The minimum Gasteiger partial charge on any atom is -0.497 e. The van der Waals surface area contributed by atoms with E-state index in [0.717, 1.165) is 11.1 Å². The molecule has 0 saturated carbocycles. The third-order valence-electron chi connectivity index (χ3n) is 4.80. The van der Waals surface area contributed by atoms with Crippen LogP contribution in [0.15, 0.2) is 59.8 Å². The fourth-order valence-corrected chi connectivity index (χ4v) is 3.21. The molecule has 0 saturated heterocycles. The highest BCUT2D eigenvalue weighted by Crippen LogP contribution is 2.28. The molecule has 0 fully saturated rings. The highest BCUT2D eigenvalue weighted by atomic mass is 16.5. The molecule has 9 nitrogen and oxygen atoms in total. The maximum atomic E-state index is 13.2. The highest BCUT2D eigenvalue weighted by molar-refractivity contribution is 5.95. The molecule has 3 aromatic heterocycles. The van der Waals surface area contributed by atoms with Gasteiger partial charge in [-0.3, -0.25) is 4.79 Å². The molecule has 158 valence electrons. The molecule has 9 heteroatoms. The fourth-order valence-electron chi connectivity index (χ4n) is 3.21. The van der Waals surface area contributed by atoms with Gasteiger partial charge in [-0.2, -0.15) is 0 Å². The van der Waals surface area contributed by atoms with Gasteiger partial charge in [0.2, 0.25) is 5.95 Å². The summed E-state index contributed by atoms with van der Waals surface area (Å²) in [6.45, 7) is 0.871. The van der Waals surface area contributed by atoms with E-state index in [4.69, 9.17) is 20.2 Å². The topological polar surface area (TPSA) is 117 Å². The molecule has 1 aromatic carbocycles. The molecule has 0 aliphatic heterocycles. The first-order chi connectivity index (χ1) is 15.1. The van der Waals surface area contributed by atoms with Crippen LogP contribution in [-0.4, -0.2) is 40.3 Å². The minimum atomic E-state index is -0.160. The van der Waals surface area contributed by atoms with Gasteiger partial charge in [0.15, 0.2) is 0 Å². The standard InChI is InChI=1S/C22H22N6O3/c1-30-9-8-28-7-6-14-10-18(15-12-24-22(23)25-13-15)27-20(19(14)21(28)29)26-16-4-3-5-17(11-16)31-2/h3-7,10-13H,8-9H2,1-2H3,(H,26,27)(H2,23,24,25). The number of pyridine rings is 2. The zero-order valence-electron chi connectivity index (χ0n) is 17.2. The first kappa shape index (κ1) is 20.3. The van der Waals surface area contributed by atoms with E-state index in [2.05, 4.69) is 15.3 Å². The van der Waals surface area contributed by atoms with Crippen LogP contribution in [0, 0.1) is 0 Å². The van der Waals surface area contributed by atoms with Gasteiger partial charge >= 0.3 is 0 Å². The Morgan fingerprint density at radius 1 is 1.13 bits per heavy atom. The van der Waals surface area contributed by atoms with E-state index in [0.29, 0.717) is 41.4 Å². The molecule has 3 N–H and O–H groups in total. The molecule has 0 atom stereocenters. The summed E-state index contributed by atoms with van der Waals surface area (Å²) < 4.78 is 12.0. The first-order valence-electron chi connectivity index (χ1n) is 9.61. The Morgan fingerprint density at radius 3 is 2.68 bits per heavy atom. The number of hydrogen-bond donors (Lipinski definition) is 2. The average Bonchev–Trinajstić information content (AvgIpc) is 2.79. The monoisotopic (exact) mass is 418 g/mol. The normalized spacial score (nSPS) is 10.9. The van der Waals surface area contributed by atoms with E-state index < -0.39 is 0 Å². The number of nitrogens with two attached hydrogens (primary N) is 1. The summed E-state index contributed by atoms with van der Waals surface area (Å²) in [7, 11) is 3.20. The van der Waals surface area contributed by atoms with E-state index in [1.165, 1.54) is 0 Å². The summed E-state index contributed by atoms with van der Waals surface area (Å²) in [5.74, 6) is 1.30. The molecule has 31 heavy (non-hydrogen) atoms. The number of aromatic nitrogens is 4. The van der Waals surface area contributed by atoms with Crippen molar-refractivity contribution in [3.05, 3.63) is 65.3 Å². The third-order valence-corrected chi connectivity index (χ3v) is 4.80. The highest BCUT2D eigenvalue weighted by Gasteiger charge is 2.14. The second-order valence-corrected chi connectivity index (χ2v) is 6.81. The molecule has 4 aromatic rings. The zero-order valence-corrected chi connectivity index (χ0v) is 17.2. The van der Waals surface area contributed by atoms with Crippen LogP contribution < -0.4 is 21.3 Å². The minimum absolute atomic E-state index is 0.160. The largest absolute Gasteiger partial charge is 0.497 e. The Balaban J connectivity index is 1.89. The number of ether oxygens (including phenoxy) is 2. The maximum Gasteiger partial charge on any atom is 0.262 e. The van der Waals surface area contributed by atoms with Gasteiger partial charge in [-0.25, -0.2) is 15.0 Å². The Kier molecular flexibility index (Phi) is 5.76. The number of methoxy groups -OCH3 is 2. The van der Waals surface area contributed by atoms with E-state index in [9.17, 15) is 4.79 Å². The lowest BCUT2D eigenvalue weighted by Gasteiger charge is -2.14. The van der Waals surface area contributed by atoms with Crippen molar-refractivity contribution in [3.8, 4) is 17.0 Å². The van der Waals surface area contributed by atoms with E-state index >= 15 is 0 Å². The second-order valence-electron chi connectivity index (χ2n) is 6.81. The van der Waals surface area contributed by atoms with E-state index in [-0.39, 0.29) is 11.5 Å². The second kappa shape index (κ2) is 8.80. The number of nitrogens with zero attached hydrogens (tertiary/aromatic N) is 4. The molecule has 3 heterocycles. The molecule has 0 bridgehead atoms. The fraction of sp³-hybridized carbons (Fsp3) is 0.182. The van der Waals surface area contributed by atoms with Crippen molar-refractivity contribution < 1.29 is 9.47 Å². The van der Waals surface area contributed by atoms with Gasteiger partial charge in [0.25, 0.3) is 5.56 Å². The molecule has 0 aliphatic rings. The van der Waals surface area contributed by atoms with Crippen LogP contribution in [0.1, 0.15) is 0 Å². The van der Waals surface area contributed by atoms with Crippen molar-refractivity contribution in [2.75, 3.05) is 31.9 Å². The predicted octanol–water partition coefficient (Wildman–Crippen LogP) is 2.83. The Hall–Kier alpha value is -3.98. The Labute approximate surface area is 178 Å². The van der Waals surface area contributed by atoms with Gasteiger partial charge in [0, 0.05) is 49.6 Å². The average molecular weight is 418 g/mol. The summed E-state index contributed by atoms with van der Waals surface area (Å²) in [6, 6.07) is 11.1. The third kappa shape index (κ3) is 4.31. The summed E-state index contributed by atoms with van der Waals surface area (Å²) >= 11 is 0. The summed E-state index contributed by atoms with van der Waals surface area (Å²) in [6.07, 6.45) is 4.96. The van der Waals surface area contributed by atoms with E-state index in [1.54, 1.807) is 37.4 Å². The van der Waals surface area contributed by atoms with Crippen LogP contribution in [-0.2, 0) is 11.3 Å². The molecule has 0 amide bonds. The number of hydrogen-bond acceptors (Lipinski definition) is 8. The smallest absolute Gasteiger partial charge is 0.262 e. The number of benzene rings is 1. The quantitative estimate of drug-likeness (QED) is 0.470. The lowest BCUT2D eigenvalue weighted by Crippen LogP contribution is -2.22. The van der Waals surface area contributed by atoms with Crippen molar-refractivity contribution in [2.45, 2.75) is 6.54 Å². The van der Waals surface area contributed by atoms with Crippen molar-refractivity contribution in [3.63, 3.8) is 0 Å². The summed E-state index contributed by atoms with van der Waals surface area (Å²) in [5, 5.41) is 4.48. The number of fused-ring (bicyclic) bond motifs is 1. The van der Waals surface area contributed by atoms with Crippen molar-refractivity contribution in [2.24, 2.45) is 0 Å². The zero-order chi connectivity index (χ0) is 21.8. The van der Waals surface area contributed by atoms with Crippen LogP contribution in [0.4, 0.5) is 17.5 Å². The number of nitrogen functional groups attached to an aromatic ring is 1. The van der Waals surface area contributed by atoms with Crippen LogP contribution in [0.2, 0.25) is 0 Å². The molecule has 0 spiro atoms. The lowest BCUT2D eigenvalue weighted by atomic mass is 10.1. The molecular formula is C22H22N6O3. The van der Waals surface area contributed by atoms with Gasteiger partial charge in [0.05, 0.1) is 24.8 Å². The van der Waals surface area contributed by atoms with Crippen LogP contribution in [0.3, 0.4) is 0 Å². The van der Waals surface area contributed by atoms with Crippen LogP contribution in [0.25, 0.3) is 22.0 Å². The van der Waals surface area contributed by atoms with Crippen molar-refractivity contribution >= 4 is 28.2 Å². The first-order valence-corrected chi connectivity index (χ1v) is 9.61. The van der Waals surface area contributed by atoms with Crippen LogP contribution in [0.5, 0.6) is 5.75 Å². The molecule has 0 aliphatic carbocycles. The maximum absolute atomic E-state index is 13.2. The van der Waals surface area contributed by atoms with Gasteiger partial charge in [-0.05, 0) is 29.7 Å². The van der Waals surface area contributed by atoms with Gasteiger partial charge < -0.3 is 25.1 Å². The van der Waals surface area contributed by atoms with Crippen LogP contribution >= 0.6 is 0 Å². The van der Waals surface area contributed by atoms with Crippen molar-refractivity contribution in [1.82, 2.24) is 19.5 Å². The summed E-state index contributed by atoms with van der Waals surface area (Å²) in [5.41, 5.74) is 7.50. The number of rotatable bonds is 7. The van der Waals surface area contributed by atoms with Gasteiger partial charge in [0.1, 0.15) is 11.6 Å². The Bertz CT molecular complexity index is 1270. The lowest BCUT2D eigenvalue weighted by molar-refractivity contribution is 0.186. The number of nitrogens with one attached hydrogen (secondary N) is 1. The summed E-state index contributed by atoms with van der Waals surface area (Å²) in [4.78, 5) is 26.0. The van der Waals surface area contributed by atoms with Crippen molar-refractivity contribution in [1.29, 1.82) is 0 Å². The number of anilines is 3. The SMILES string of the molecule is COCCn1ccc2cc(-c3cnc(N)nc3)nc(Nc3cccc(OC)c3)c2c1=O. The predicted molar refractivity (Wildman–Crippen MR) is 120 cm³/mol. The Morgan fingerprint density at radius 2 is 1.94 bits per heavy atom. The molecular weight excluding hydrogens is 396 g/mol. The molecule has 0 radical (unpaired) electrons. The molecule has 0 unspecified atom stereocenters. The molecule has 4 rings (SSSR count). The van der Waals surface area contributed by atoms with Gasteiger partial charge in [-0.15, -0.1) is 0 Å². The van der Waals surface area contributed by atoms with Gasteiger partial charge in [-0.1, -0.05) is 6.07 Å². The van der Waals surface area contributed by atoms with E-state index in [1.807, 2.05) is 36.4 Å².